The molecule has 1 aromatic carbocycles. The van der Waals surface area contributed by atoms with Crippen LogP contribution in [0.5, 0.6) is 5.75 Å². The molecule has 0 saturated carbocycles. The fourth-order valence-electron chi connectivity index (χ4n) is 0.916. The molecule has 1 rings (SSSR count). The van der Waals surface area contributed by atoms with Gasteiger partial charge in [0.05, 0.1) is 13.3 Å². The lowest BCUT2D eigenvalue weighted by molar-refractivity contribution is 0.176. The molecular formula is C11H13NO2. The van der Waals surface area contributed by atoms with Gasteiger partial charge < -0.3 is 9.57 Å². The lowest BCUT2D eigenvalue weighted by atomic mass is 10.2. The van der Waals surface area contributed by atoms with Gasteiger partial charge in [-0.15, -0.1) is 0 Å². The zero-order valence-corrected chi connectivity index (χ0v) is 8.14. The van der Waals surface area contributed by atoms with Crippen molar-refractivity contribution in [3.63, 3.8) is 0 Å². The normalized spacial score (nSPS) is 10.1. The number of rotatable bonds is 5. The third-order valence-electron chi connectivity index (χ3n) is 1.56. The summed E-state index contributed by atoms with van der Waals surface area (Å²) in [5.41, 5.74) is 0.938. The highest BCUT2D eigenvalue weighted by atomic mass is 16.6. The molecular weight excluding hydrogens is 178 g/mol. The predicted molar refractivity (Wildman–Crippen MR) is 56.7 cm³/mol. The molecule has 0 N–H and O–H groups in total. The summed E-state index contributed by atoms with van der Waals surface area (Å²) in [5, 5.41) is 3.75. The van der Waals surface area contributed by atoms with Crippen LogP contribution in [0.2, 0.25) is 0 Å². The maximum Gasteiger partial charge on any atom is 0.135 e. The predicted octanol–water partition coefficient (Wildman–Crippen LogP) is 2.23. The molecule has 0 aliphatic carbocycles. The molecule has 0 heterocycles. The van der Waals surface area contributed by atoms with Gasteiger partial charge in [-0.3, -0.25) is 0 Å². The van der Waals surface area contributed by atoms with Gasteiger partial charge in [-0.25, -0.2) is 0 Å². The van der Waals surface area contributed by atoms with Gasteiger partial charge in [0.1, 0.15) is 12.4 Å². The fraction of sp³-hybridized carbons (Fsp3) is 0.182. The summed E-state index contributed by atoms with van der Waals surface area (Å²) in [6.45, 7) is 3.93. The van der Waals surface area contributed by atoms with E-state index in [0.717, 1.165) is 11.3 Å². The van der Waals surface area contributed by atoms with Crippen molar-refractivity contribution in [2.75, 3.05) is 13.7 Å². The van der Waals surface area contributed by atoms with Crippen molar-refractivity contribution < 1.29 is 9.57 Å². The van der Waals surface area contributed by atoms with Crippen molar-refractivity contribution in [2.45, 2.75) is 0 Å². The molecule has 0 radical (unpaired) electrons. The van der Waals surface area contributed by atoms with Crippen LogP contribution < -0.4 is 4.74 Å². The Morgan fingerprint density at radius 1 is 1.50 bits per heavy atom. The van der Waals surface area contributed by atoms with E-state index in [1.54, 1.807) is 19.4 Å². The fourth-order valence-corrected chi connectivity index (χ4v) is 0.916. The minimum Gasteiger partial charge on any atom is -0.497 e. The molecule has 0 spiro atoms. The Labute approximate surface area is 83.6 Å². The van der Waals surface area contributed by atoms with Crippen molar-refractivity contribution >= 4 is 6.21 Å². The van der Waals surface area contributed by atoms with E-state index in [9.17, 15) is 0 Å². The SMILES string of the molecule is C=CCO/N=C/c1cccc(OC)c1. The summed E-state index contributed by atoms with van der Waals surface area (Å²) < 4.78 is 5.06. The van der Waals surface area contributed by atoms with Crippen molar-refractivity contribution in [1.82, 2.24) is 0 Å². The average molecular weight is 191 g/mol. The van der Waals surface area contributed by atoms with Crippen LogP contribution in [-0.2, 0) is 4.84 Å². The molecule has 3 heteroatoms. The van der Waals surface area contributed by atoms with Gasteiger partial charge in [0, 0.05) is 0 Å². The second-order valence-electron chi connectivity index (χ2n) is 2.60. The van der Waals surface area contributed by atoms with Crippen LogP contribution in [0.25, 0.3) is 0 Å². The number of hydrogen-bond donors (Lipinski definition) is 0. The highest BCUT2D eigenvalue weighted by Gasteiger charge is 1.91. The van der Waals surface area contributed by atoms with Crippen LogP contribution in [-0.4, -0.2) is 19.9 Å². The molecule has 14 heavy (non-hydrogen) atoms. The van der Waals surface area contributed by atoms with Gasteiger partial charge in [-0.2, -0.15) is 0 Å². The summed E-state index contributed by atoms with van der Waals surface area (Å²) in [7, 11) is 1.63. The topological polar surface area (TPSA) is 30.8 Å². The highest BCUT2D eigenvalue weighted by Crippen LogP contribution is 2.10. The van der Waals surface area contributed by atoms with E-state index in [0.29, 0.717) is 6.61 Å². The van der Waals surface area contributed by atoms with Crippen LogP contribution in [0.1, 0.15) is 5.56 Å². The van der Waals surface area contributed by atoms with E-state index in [1.807, 2.05) is 24.3 Å². The molecule has 3 nitrogen and oxygen atoms in total. The molecule has 0 aliphatic rings. The Balaban J connectivity index is 2.57. The Hall–Kier alpha value is -1.77. The maximum atomic E-state index is 5.06. The summed E-state index contributed by atoms with van der Waals surface area (Å²) in [6, 6.07) is 7.57. The molecule has 74 valence electrons. The first-order valence-corrected chi connectivity index (χ1v) is 4.27. The molecule has 0 saturated heterocycles. The summed E-state index contributed by atoms with van der Waals surface area (Å²) in [4.78, 5) is 4.87. The number of nitrogens with zero attached hydrogens (tertiary/aromatic N) is 1. The van der Waals surface area contributed by atoms with Gasteiger partial charge in [-0.05, 0) is 17.7 Å². The van der Waals surface area contributed by atoms with Crippen molar-refractivity contribution in [3.05, 3.63) is 42.5 Å². The zero-order valence-electron chi connectivity index (χ0n) is 8.14. The Bertz CT molecular complexity index is 321. The Kier molecular flexibility index (Phi) is 4.27. The molecule has 1 aromatic rings. The summed E-state index contributed by atoms with van der Waals surface area (Å²) >= 11 is 0. The van der Waals surface area contributed by atoms with Crippen LogP contribution in [0, 0.1) is 0 Å². The van der Waals surface area contributed by atoms with Crippen LogP contribution in [0.3, 0.4) is 0 Å². The summed E-state index contributed by atoms with van der Waals surface area (Å²) in [5.74, 6) is 0.803. The first-order valence-electron chi connectivity index (χ1n) is 4.27. The molecule has 0 unspecified atom stereocenters. The third-order valence-corrected chi connectivity index (χ3v) is 1.56. The van der Waals surface area contributed by atoms with E-state index in [-0.39, 0.29) is 0 Å². The molecule has 0 aromatic heterocycles. The Morgan fingerprint density at radius 3 is 3.07 bits per heavy atom. The van der Waals surface area contributed by atoms with Gasteiger partial charge in [0.25, 0.3) is 0 Å². The van der Waals surface area contributed by atoms with Crippen LogP contribution in [0.4, 0.5) is 0 Å². The monoisotopic (exact) mass is 191 g/mol. The van der Waals surface area contributed by atoms with Crippen molar-refractivity contribution in [1.29, 1.82) is 0 Å². The number of oxime groups is 1. The largest absolute Gasteiger partial charge is 0.497 e. The van der Waals surface area contributed by atoms with Gasteiger partial charge in [-0.1, -0.05) is 29.9 Å². The molecule has 0 amide bonds. The second kappa shape index (κ2) is 5.80. The van der Waals surface area contributed by atoms with E-state index in [1.165, 1.54) is 0 Å². The van der Waals surface area contributed by atoms with Crippen LogP contribution >= 0.6 is 0 Å². The smallest absolute Gasteiger partial charge is 0.135 e. The lowest BCUT2D eigenvalue weighted by Crippen LogP contribution is -1.87. The molecule has 0 atom stereocenters. The maximum absolute atomic E-state index is 5.06. The number of ether oxygens (including phenoxy) is 1. The number of methoxy groups -OCH3 is 1. The quantitative estimate of drug-likeness (QED) is 0.309. The minimum absolute atomic E-state index is 0.417. The van der Waals surface area contributed by atoms with E-state index < -0.39 is 0 Å². The summed E-state index contributed by atoms with van der Waals surface area (Å²) in [6.07, 6.45) is 3.27. The molecule has 0 aliphatic heterocycles. The van der Waals surface area contributed by atoms with E-state index >= 15 is 0 Å². The highest BCUT2D eigenvalue weighted by molar-refractivity contribution is 5.79. The Morgan fingerprint density at radius 2 is 2.36 bits per heavy atom. The third kappa shape index (κ3) is 3.31. The standard InChI is InChI=1S/C11H13NO2/c1-3-7-14-12-9-10-5-4-6-11(8-10)13-2/h3-6,8-9H,1,7H2,2H3/b12-9+. The van der Waals surface area contributed by atoms with E-state index in [4.69, 9.17) is 9.57 Å². The minimum atomic E-state index is 0.417. The van der Waals surface area contributed by atoms with Gasteiger partial charge >= 0.3 is 0 Å². The van der Waals surface area contributed by atoms with Gasteiger partial charge in [0.15, 0.2) is 0 Å². The first-order chi connectivity index (χ1) is 6.86. The molecule has 0 fully saturated rings. The van der Waals surface area contributed by atoms with Crippen molar-refractivity contribution in [2.24, 2.45) is 5.16 Å². The number of hydrogen-bond acceptors (Lipinski definition) is 3. The first kappa shape index (κ1) is 10.3. The average Bonchev–Trinajstić information content (AvgIpc) is 2.25. The van der Waals surface area contributed by atoms with Crippen LogP contribution in [0.15, 0.2) is 42.1 Å². The number of benzene rings is 1. The molecule has 0 bridgehead atoms. The van der Waals surface area contributed by atoms with E-state index in [2.05, 4.69) is 11.7 Å². The lowest BCUT2D eigenvalue weighted by Gasteiger charge is -1.99. The zero-order chi connectivity index (χ0) is 10.2. The van der Waals surface area contributed by atoms with Gasteiger partial charge in [0.2, 0.25) is 0 Å². The second-order valence-corrected chi connectivity index (χ2v) is 2.60. The van der Waals surface area contributed by atoms with Crippen molar-refractivity contribution in [3.8, 4) is 5.75 Å².